The zero-order chi connectivity index (χ0) is 24.9. The van der Waals surface area contributed by atoms with E-state index >= 15 is 0 Å². The number of hydrogen-bond donors (Lipinski definition) is 2. The number of nitriles is 1. The van der Waals surface area contributed by atoms with E-state index in [9.17, 15) is 27.6 Å². The van der Waals surface area contributed by atoms with Crippen LogP contribution in [0.4, 0.5) is 14.7 Å². The zero-order valence-electron chi connectivity index (χ0n) is 18.4. The quantitative estimate of drug-likeness (QED) is 0.493. The lowest BCUT2D eigenvalue weighted by Gasteiger charge is -2.31. The van der Waals surface area contributed by atoms with Crippen LogP contribution in [0.25, 0.3) is 0 Å². The van der Waals surface area contributed by atoms with Gasteiger partial charge in [0.1, 0.15) is 0 Å². The van der Waals surface area contributed by atoms with E-state index in [4.69, 9.17) is 0 Å². The normalized spacial score (nSPS) is 17.2. The molecule has 9 nitrogen and oxygen atoms in total. The molecule has 1 aromatic heterocycles. The van der Waals surface area contributed by atoms with Gasteiger partial charge in [-0.05, 0) is 48.1 Å². The highest BCUT2D eigenvalue weighted by Crippen LogP contribution is 2.30. The van der Waals surface area contributed by atoms with Gasteiger partial charge in [0.05, 0.1) is 28.9 Å². The van der Waals surface area contributed by atoms with Crippen LogP contribution >= 0.6 is 0 Å². The van der Waals surface area contributed by atoms with Crippen molar-refractivity contribution in [2.45, 2.75) is 48.8 Å². The Morgan fingerprint density at radius 2 is 2.00 bits per heavy atom. The molecule has 0 saturated carbocycles. The van der Waals surface area contributed by atoms with E-state index in [2.05, 4.69) is 36.3 Å². The van der Waals surface area contributed by atoms with Crippen molar-refractivity contribution in [1.29, 1.82) is 5.26 Å². The van der Waals surface area contributed by atoms with Gasteiger partial charge in [-0.2, -0.15) is 18.3 Å². The van der Waals surface area contributed by atoms with Gasteiger partial charge in [0.25, 0.3) is 0 Å². The van der Waals surface area contributed by atoms with Crippen molar-refractivity contribution < 1.29 is 27.0 Å². The number of benzene rings is 1. The number of rotatable bonds is 9. The largest absolute Gasteiger partial charge is 0.432 e. The number of anilines is 1. The first kappa shape index (κ1) is 26.0. The van der Waals surface area contributed by atoms with Gasteiger partial charge in [-0.1, -0.05) is 6.92 Å². The van der Waals surface area contributed by atoms with Gasteiger partial charge in [0.2, 0.25) is 16.0 Å². The minimum absolute atomic E-state index is 0.0891. The maximum Gasteiger partial charge on any atom is 0.387 e. The molecule has 0 spiro atoms. The second-order valence-corrected chi connectivity index (χ2v) is 11.4. The van der Waals surface area contributed by atoms with Crippen LogP contribution in [0.1, 0.15) is 30.9 Å². The summed E-state index contributed by atoms with van der Waals surface area (Å²) in [7, 11) is -0.325. The van der Waals surface area contributed by atoms with Crippen molar-refractivity contribution in [2.75, 3.05) is 25.0 Å². The number of nitrogens with one attached hydrogen (secondary N) is 1. The molecule has 34 heavy (non-hydrogen) atoms. The lowest BCUT2D eigenvalue weighted by molar-refractivity contribution is -0.0503. The van der Waals surface area contributed by atoms with Crippen LogP contribution in [0.5, 0.6) is 5.75 Å². The summed E-state index contributed by atoms with van der Waals surface area (Å²) < 4.78 is 56.5. The van der Waals surface area contributed by atoms with Crippen molar-refractivity contribution >= 4 is 26.2 Å². The van der Waals surface area contributed by atoms with Gasteiger partial charge >= 0.3 is 6.61 Å². The second-order valence-electron chi connectivity index (χ2n) is 8.27. The Bertz CT molecular complexity index is 1130. The van der Waals surface area contributed by atoms with Crippen LogP contribution in [-0.4, -0.2) is 70.4 Å². The molecule has 1 atom stereocenters. The number of halogens is 2. The highest BCUT2D eigenvalue weighted by molar-refractivity contribution is 7.89. The number of ether oxygens (including phenoxy) is 1. The molecular formula is C21H24F2N5O4SSi. The van der Waals surface area contributed by atoms with Crippen molar-refractivity contribution in [3.8, 4) is 11.8 Å². The van der Waals surface area contributed by atoms with Crippen LogP contribution in [0.2, 0.25) is 5.04 Å². The van der Waals surface area contributed by atoms with Gasteiger partial charge in [0, 0.05) is 36.0 Å². The Morgan fingerprint density at radius 3 is 2.56 bits per heavy atom. The summed E-state index contributed by atoms with van der Waals surface area (Å²) >= 11 is 0. The third-order valence-electron chi connectivity index (χ3n) is 5.40. The van der Waals surface area contributed by atoms with E-state index in [0.717, 1.165) is 12.4 Å². The number of aromatic nitrogens is 2. The predicted molar refractivity (Wildman–Crippen MR) is 120 cm³/mol. The minimum atomic E-state index is -3.79. The average molecular weight is 509 g/mol. The van der Waals surface area contributed by atoms with Crippen LogP contribution in [0, 0.1) is 11.3 Å². The lowest BCUT2D eigenvalue weighted by atomic mass is 9.97. The fourth-order valence-electron chi connectivity index (χ4n) is 3.59. The van der Waals surface area contributed by atoms with E-state index in [0.29, 0.717) is 24.0 Å². The summed E-state index contributed by atoms with van der Waals surface area (Å²) in [6.45, 7) is -0.868. The highest BCUT2D eigenvalue weighted by atomic mass is 32.2. The zero-order valence-corrected chi connectivity index (χ0v) is 20.2. The van der Waals surface area contributed by atoms with Crippen LogP contribution < -0.4 is 10.1 Å². The molecule has 3 rings (SSSR count). The Balaban J connectivity index is 1.66. The number of nitrogens with zero attached hydrogens (tertiary/aromatic N) is 4. The molecule has 181 valence electrons. The molecule has 1 aromatic carbocycles. The number of alkyl halides is 2. The van der Waals surface area contributed by atoms with Gasteiger partial charge in [-0.15, -0.1) is 0 Å². The predicted octanol–water partition coefficient (Wildman–Crippen LogP) is 2.10. The summed E-state index contributed by atoms with van der Waals surface area (Å²) in [5.74, 6) is 0.0866. The molecule has 2 N–H and O–H groups in total. The Morgan fingerprint density at radius 1 is 1.35 bits per heavy atom. The topological polar surface area (TPSA) is 128 Å². The molecule has 2 heterocycles. The molecule has 0 unspecified atom stereocenters. The van der Waals surface area contributed by atoms with Crippen molar-refractivity contribution in [2.24, 2.45) is 0 Å². The molecule has 1 saturated heterocycles. The second kappa shape index (κ2) is 10.7. The molecule has 1 fully saturated rings. The Hall–Kier alpha value is -2.66. The highest BCUT2D eigenvalue weighted by Gasteiger charge is 2.30. The van der Waals surface area contributed by atoms with Crippen molar-refractivity contribution in [3.05, 3.63) is 41.7 Å². The fourth-order valence-corrected chi connectivity index (χ4v) is 5.30. The molecule has 0 aliphatic carbocycles. The number of aliphatic hydroxyl groups is 1. The van der Waals surface area contributed by atoms with Gasteiger partial charge in [-0.3, -0.25) is 0 Å². The van der Waals surface area contributed by atoms with E-state index < -0.39 is 21.7 Å². The minimum Gasteiger partial charge on any atom is -0.432 e. The maximum atomic E-state index is 13.2. The standard InChI is InChI=1S/C21H24F2N5O4SSi/c1-21(34,13-29)9-15-8-18(3-2-14(15)10-24)33(30,31)28-6-4-16(5-7-28)27-20-25-11-17(12-26-20)32-19(22)23/h2-3,8,11-12,16,19,29H,4-7,9,13H2,1H3,(H,25,26,27)/t21-/m0/s1. The molecule has 1 aliphatic heterocycles. The van der Waals surface area contributed by atoms with E-state index in [1.54, 1.807) is 6.92 Å². The summed E-state index contributed by atoms with van der Waals surface area (Å²) in [4.78, 5) is 7.97. The number of hydrogen-bond acceptors (Lipinski definition) is 8. The number of sulfonamides is 1. The monoisotopic (exact) mass is 508 g/mol. The molecule has 3 radical (unpaired) electrons. The third-order valence-corrected chi connectivity index (χ3v) is 7.63. The van der Waals surface area contributed by atoms with Gasteiger partial charge in [-0.25, -0.2) is 18.4 Å². The summed E-state index contributed by atoms with van der Waals surface area (Å²) in [5, 5.41) is 21.3. The van der Waals surface area contributed by atoms with Crippen molar-refractivity contribution in [3.63, 3.8) is 0 Å². The van der Waals surface area contributed by atoms with Crippen LogP contribution in [0.15, 0.2) is 35.5 Å². The average Bonchev–Trinajstić information content (AvgIpc) is 2.80. The van der Waals surface area contributed by atoms with Crippen LogP contribution in [0.3, 0.4) is 0 Å². The molecule has 0 bridgehead atoms. The van der Waals surface area contributed by atoms with Gasteiger partial charge in [0.15, 0.2) is 5.75 Å². The first-order valence-electron chi connectivity index (χ1n) is 10.5. The smallest absolute Gasteiger partial charge is 0.387 e. The third kappa shape index (κ3) is 6.47. The summed E-state index contributed by atoms with van der Waals surface area (Å²) in [6.07, 6.45) is 3.53. The fraction of sp³-hybridized carbons (Fsp3) is 0.476. The van der Waals surface area contributed by atoms with E-state index in [1.165, 1.54) is 22.5 Å². The molecule has 1 aliphatic rings. The first-order chi connectivity index (χ1) is 16.0. The lowest BCUT2D eigenvalue weighted by Crippen LogP contribution is -2.42. The number of piperidine rings is 1. The van der Waals surface area contributed by atoms with Crippen molar-refractivity contribution in [1.82, 2.24) is 14.3 Å². The van der Waals surface area contributed by atoms with Crippen LogP contribution in [-0.2, 0) is 16.4 Å². The van der Waals surface area contributed by atoms with E-state index in [1.807, 2.05) is 0 Å². The maximum absolute atomic E-state index is 13.2. The SMILES string of the molecule is C[C@@]([Si])(CO)Cc1cc(S(=O)(=O)N2CCC(Nc3ncc(OC(F)F)cn3)CC2)ccc1C#N. The summed E-state index contributed by atoms with van der Waals surface area (Å²) in [6, 6.07) is 6.36. The summed E-state index contributed by atoms with van der Waals surface area (Å²) in [5.41, 5.74) is 0.882. The Kier molecular flexibility index (Phi) is 8.19. The molecule has 0 amide bonds. The molecular weight excluding hydrogens is 484 g/mol. The molecule has 2 aromatic rings. The van der Waals surface area contributed by atoms with Gasteiger partial charge < -0.3 is 15.2 Å². The van der Waals surface area contributed by atoms with E-state index in [-0.39, 0.29) is 48.8 Å². The number of aliphatic hydroxyl groups excluding tert-OH is 1. The molecule has 13 heteroatoms. The first-order valence-corrected chi connectivity index (χ1v) is 12.4. The Labute approximate surface area is 200 Å².